The van der Waals surface area contributed by atoms with Crippen LogP contribution >= 0.6 is 0 Å². The summed E-state index contributed by atoms with van der Waals surface area (Å²) in [5, 5.41) is 5.53. The van der Waals surface area contributed by atoms with Gasteiger partial charge in [-0.2, -0.15) is 13.2 Å². The molecule has 0 bridgehead atoms. The summed E-state index contributed by atoms with van der Waals surface area (Å²) in [5.41, 5.74) is 2.73. The number of alkyl halides is 3. The number of nitrogens with zero attached hydrogens (tertiary/aromatic N) is 2. The van der Waals surface area contributed by atoms with Gasteiger partial charge in [-0.3, -0.25) is 24.6 Å². The number of nitrogens with one attached hydrogen (secondary N) is 2. The number of benzene rings is 2. The van der Waals surface area contributed by atoms with E-state index in [9.17, 15) is 27.6 Å². The van der Waals surface area contributed by atoms with Crippen molar-refractivity contribution in [3.05, 3.63) is 70.8 Å². The van der Waals surface area contributed by atoms with E-state index in [-0.39, 0.29) is 35.9 Å². The van der Waals surface area contributed by atoms with Crippen molar-refractivity contribution in [2.45, 2.75) is 70.0 Å². The van der Waals surface area contributed by atoms with Gasteiger partial charge >= 0.3 is 6.18 Å². The van der Waals surface area contributed by atoms with E-state index in [2.05, 4.69) is 10.6 Å². The molecule has 2 aromatic rings. The maximum Gasteiger partial charge on any atom is 0.408 e. The molecule has 2 aromatic carbocycles. The number of hydrogen-bond donors (Lipinski definition) is 2. The summed E-state index contributed by atoms with van der Waals surface area (Å²) in [7, 11) is 0. The molecule has 7 nitrogen and oxygen atoms in total. The number of amides is 3. The third kappa shape index (κ3) is 6.60. The zero-order valence-corrected chi connectivity index (χ0v) is 21.3. The first-order valence-electron chi connectivity index (χ1n) is 12.9. The van der Waals surface area contributed by atoms with E-state index in [4.69, 9.17) is 0 Å². The topological polar surface area (TPSA) is 81.8 Å². The molecular formula is C28H33F3N4O3. The fourth-order valence-corrected chi connectivity index (χ4v) is 5.41. The van der Waals surface area contributed by atoms with Crippen molar-refractivity contribution in [2.75, 3.05) is 13.1 Å². The van der Waals surface area contributed by atoms with Crippen LogP contribution in [0.2, 0.25) is 0 Å². The molecule has 38 heavy (non-hydrogen) atoms. The Bertz CT molecular complexity index is 1140. The predicted molar refractivity (Wildman–Crippen MR) is 136 cm³/mol. The van der Waals surface area contributed by atoms with Crippen molar-refractivity contribution >= 4 is 18.2 Å². The molecule has 0 saturated carbocycles. The zero-order chi connectivity index (χ0) is 27.3. The van der Waals surface area contributed by atoms with Crippen molar-refractivity contribution in [1.82, 2.24) is 20.4 Å². The Balaban J connectivity index is 1.35. The summed E-state index contributed by atoms with van der Waals surface area (Å²) >= 11 is 0. The highest BCUT2D eigenvalue weighted by atomic mass is 19.4. The molecule has 2 aliphatic heterocycles. The van der Waals surface area contributed by atoms with Gasteiger partial charge in [0.25, 0.3) is 5.91 Å². The molecule has 204 valence electrons. The van der Waals surface area contributed by atoms with Crippen molar-refractivity contribution < 1.29 is 27.6 Å². The van der Waals surface area contributed by atoms with Gasteiger partial charge in [0.05, 0.1) is 0 Å². The van der Waals surface area contributed by atoms with Gasteiger partial charge in [0.15, 0.2) is 0 Å². The van der Waals surface area contributed by atoms with Gasteiger partial charge in [-0.25, -0.2) is 0 Å². The first-order chi connectivity index (χ1) is 18.2. The molecule has 0 radical (unpaired) electrons. The van der Waals surface area contributed by atoms with E-state index in [1.165, 1.54) is 17.0 Å². The summed E-state index contributed by atoms with van der Waals surface area (Å²) in [6.45, 7) is 3.48. The summed E-state index contributed by atoms with van der Waals surface area (Å²) in [5.74, 6) is -0.471. The normalized spacial score (nSPS) is 19.6. The van der Waals surface area contributed by atoms with E-state index < -0.39 is 12.2 Å². The fourth-order valence-electron chi connectivity index (χ4n) is 5.41. The van der Waals surface area contributed by atoms with Crippen molar-refractivity contribution in [3.63, 3.8) is 0 Å². The number of imide groups is 1. The molecule has 3 atom stereocenters. The summed E-state index contributed by atoms with van der Waals surface area (Å²) in [4.78, 5) is 38.1. The molecule has 2 heterocycles. The summed E-state index contributed by atoms with van der Waals surface area (Å²) in [6.07, 6.45) is -1.96. The van der Waals surface area contributed by atoms with Crippen LogP contribution in [0.1, 0.15) is 65.7 Å². The lowest BCUT2D eigenvalue weighted by Gasteiger charge is -2.39. The van der Waals surface area contributed by atoms with Crippen LogP contribution in [0, 0.1) is 0 Å². The molecule has 2 N–H and O–H groups in total. The van der Waals surface area contributed by atoms with Gasteiger partial charge < -0.3 is 10.2 Å². The molecule has 0 aliphatic carbocycles. The minimum atomic E-state index is -4.36. The third-order valence-corrected chi connectivity index (χ3v) is 7.38. The molecule has 0 spiro atoms. The van der Waals surface area contributed by atoms with Crippen LogP contribution in [0.15, 0.2) is 48.5 Å². The van der Waals surface area contributed by atoms with Gasteiger partial charge in [-0.15, -0.1) is 0 Å². The molecule has 1 fully saturated rings. The van der Waals surface area contributed by atoms with Gasteiger partial charge in [0.2, 0.25) is 12.3 Å². The molecule has 3 unspecified atom stereocenters. The number of likely N-dealkylation sites (tertiary alicyclic amines) is 1. The second-order valence-corrected chi connectivity index (χ2v) is 10.1. The second-order valence-electron chi connectivity index (χ2n) is 10.1. The first-order valence-corrected chi connectivity index (χ1v) is 12.9. The standard InChI is InChI=1S/C28H33F3N4O3/c1-19(9-12-25(37)33-18-36)35-16-22-14-20(10-11-24(22)27(35)38)15-32-23-8-5-13-34(17-23)26(28(29,30)31)21-6-3-2-4-7-21/h2-4,6-7,10-11,14,18-19,23,26,32H,5,8-9,12-13,15-17H2,1H3,(H,33,36,37). The van der Waals surface area contributed by atoms with Crippen LogP contribution in [-0.2, 0) is 22.7 Å². The summed E-state index contributed by atoms with van der Waals surface area (Å²) in [6, 6.07) is 11.8. The van der Waals surface area contributed by atoms with Crippen LogP contribution < -0.4 is 10.6 Å². The van der Waals surface area contributed by atoms with Crippen LogP contribution in [0.5, 0.6) is 0 Å². The van der Waals surface area contributed by atoms with Crippen LogP contribution in [0.25, 0.3) is 0 Å². The lowest BCUT2D eigenvalue weighted by atomic mass is 9.98. The Hall–Kier alpha value is -3.24. The van der Waals surface area contributed by atoms with Crippen LogP contribution in [0.4, 0.5) is 13.2 Å². The van der Waals surface area contributed by atoms with Gasteiger partial charge in [-0.1, -0.05) is 42.5 Å². The highest BCUT2D eigenvalue weighted by molar-refractivity contribution is 5.98. The minimum Gasteiger partial charge on any atom is -0.332 e. The lowest BCUT2D eigenvalue weighted by molar-refractivity contribution is -0.189. The minimum absolute atomic E-state index is 0.0822. The third-order valence-electron chi connectivity index (χ3n) is 7.38. The van der Waals surface area contributed by atoms with E-state index in [0.29, 0.717) is 51.0 Å². The second kappa shape index (κ2) is 12.1. The number of carbonyl (C=O) groups is 3. The lowest BCUT2D eigenvalue weighted by Crippen LogP contribution is -2.49. The smallest absolute Gasteiger partial charge is 0.332 e. The number of rotatable bonds is 10. The summed E-state index contributed by atoms with van der Waals surface area (Å²) < 4.78 is 42.0. The SMILES string of the molecule is CC(CCC(=O)NC=O)N1Cc2cc(CNC3CCCN(C(c4ccccc4)C(F)(F)F)C3)ccc2C1=O. The largest absolute Gasteiger partial charge is 0.408 e. The molecule has 4 rings (SSSR count). The van der Waals surface area contributed by atoms with Gasteiger partial charge in [-0.05, 0) is 55.5 Å². The molecular weight excluding hydrogens is 497 g/mol. The number of halogens is 3. The molecule has 3 amide bonds. The van der Waals surface area contributed by atoms with Crippen LogP contribution in [-0.4, -0.2) is 59.4 Å². The van der Waals surface area contributed by atoms with Crippen LogP contribution in [0.3, 0.4) is 0 Å². The number of carbonyl (C=O) groups excluding carboxylic acids is 3. The first kappa shape index (κ1) is 27.8. The van der Waals surface area contributed by atoms with Gasteiger partial charge in [0, 0.05) is 43.7 Å². The number of hydrogen-bond acceptors (Lipinski definition) is 5. The van der Waals surface area contributed by atoms with E-state index in [1.807, 2.05) is 19.1 Å². The highest BCUT2D eigenvalue weighted by Gasteiger charge is 2.45. The molecule has 1 saturated heterocycles. The Morgan fingerprint density at radius 3 is 2.66 bits per heavy atom. The number of piperidine rings is 1. The highest BCUT2D eigenvalue weighted by Crippen LogP contribution is 2.39. The van der Waals surface area contributed by atoms with Gasteiger partial charge in [0.1, 0.15) is 6.04 Å². The Labute approximate surface area is 220 Å². The number of fused-ring (bicyclic) bond motifs is 1. The molecule has 0 aromatic heterocycles. The molecule has 10 heteroatoms. The van der Waals surface area contributed by atoms with E-state index in [0.717, 1.165) is 17.5 Å². The predicted octanol–water partition coefficient (Wildman–Crippen LogP) is 3.94. The average Bonchev–Trinajstić information content (AvgIpc) is 3.22. The van der Waals surface area contributed by atoms with Crippen molar-refractivity contribution in [3.8, 4) is 0 Å². The van der Waals surface area contributed by atoms with Crippen molar-refractivity contribution in [1.29, 1.82) is 0 Å². The zero-order valence-electron chi connectivity index (χ0n) is 21.3. The average molecular weight is 531 g/mol. The monoisotopic (exact) mass is 530 g/mol. The quantitative estimate of drug-likeness (QED) is 0.455. The fraction of sp³-hybridized carbons (Fsp3) is 0.464. The van der Waals surface area contributed by atoms with E-state index in [1.54, 1.807) is 29.2 Å². The van der Waals surface area contributed by atoms with E-state index >= 15 is 0 Å². The Kier molecular flexibility index (Phi) is 8.83. The van der Waals surface area contributed by atoms with Crippen molar-refractivity contribution in [2.24, 2.45) is 0 Å². The maximum absolute atomic E-state index is 14.0. The Morgan fingerprint density at radius 1 is 1.18 bits per heavy atom. The maximum atomic E-state index is 14.0. The Morgan fingerprint density at radius 2 is 1.95 bits per heavy atom. The molecule has 2 aliphatic rings.